The van der Waals surface area contributed by atoms with E-state index in [0.717, 1.165) is 36.6 Å². The molecule has 3 aromatic heterocycles. The maximum absolute atomic E-state index is 14.5. The molecule has 1 spiro atoms. The molecule has 2 atom stereocenters. The van der Waals surface area contributed by atoms with Gasteiger partial charge < -0.3 is 24.6 Å². The van der Waals surface area contributed by atoms with Gasteiger partial charge in [-0.05, 0) is 79.8 Å². The van der Waals surface area contributed by atoms with E-state index >= 15 is 0 Å². The number of amides is 2. The second-order valence-corrected chi connectivity index (χ2v) is 13.7. The summed E-state index contributed by atoms with van der Waals surface area (Å²) in [5.74, 6) is -0.763. The molecular formula is C34H31ClF3N7O5. The Kier molecular flexibility index (Phi) is 7.75. The molecule has 1 saturated heterocycles. The third-order valence-corrected chi connectivity index (χ3v) is 11.0. The van der Waals surface area contributed by atoms with Crippen molar-refractivity contribution in [2.45, 2.75) is 50.2 Å². The highest BCUT2D eigenvalue weighted by Crippen LogP contribution is 2.58. The van der Waals surface area contributed by atoms with E-state index in [1.54, 1.807) is 15.5 Å². The highest BCUT2D eigenvalue weighted by Gasteiger charge is 2.60. The van der Waals surface area contributed by atoms with Gasteiger partial charge in [0.2, 0.25) is 11.7 Å². The summed E-state index contributed by atoms with van der Waals surface area (Å²) >= 11 is 6.15. The quantitative estimate of drug-likeness (QED) is 0.309. The van der Waals surface area contributed by atoms with Crippen LogP contribution in [0.2, 0.25) is 5.02 Å². The minimum absolute atomic E-state index is 0.0124. The molecule has 2 fully saturated rings. The van der Waals surface area contributed by atoms with Crippen molar-refractivity contribution in [3.63, 3.8) is 0 Å². The Morgan fingerprint density at radius 2 is 1.92 bits per heavy atom. The van der Waals surface area contributed by atoms with Crippen LogP contribution in [0.15, 0.2) is 47.4 Å². The first-order valence-corrected chi connectivity index (χ1v) is 16.7. The summed E-state index contributed by atoms with van der Waals surface area (Å²) in [4.78, 5) is 52.2. The standard InChI is InChI=1S/C34H31ClF3N7O5/c35-22-14-19(34(36,37)38)5-6-23(22)40-26(47)17-44-24-7-10-33(27(24)30(48)45-32(44)41-29(42-45)18-8-12-50-13-9-18)20-3-4-21(33)16-43(15-20)31(49)28-25(46)2-1-11-39-28/h1-2,5-6,8,11,14,20-21,46H,3-4,7,9-10,12-13,15-17H2,(H,40,47). The van der Waals surface area contributed by atoms with Gasteiger partial charge in [0, 0.05) is 36.0 Å². The maximum Gasteiger partial charge on any atom is 0.416 e. The van der Waals surface area contributed by atoms with Gasteiger partial charge in [0.1, 0.15) is 12.3 Å². The van der Waals surface area contributed by atoms with Gasteiger partial charge in [-0.15, -0.1) is 5.10 Å². The number of rotatable bonds is 5. The summed E-state index contributed by atoms with van der Waals surface area (Å²) < 4.78 is 48.0. The number of fused-ring (bicyclic) bond motifs is 2. The van der Waals surface area contributed by atoms with Crippen molar-refractivity contribution < 1.29 is 32.6 Å². The highest BCUT2D eigenvalue weighted by molar-refractivity contribution is 6.33. The molecule has 2 N–H and O–H groups in total. The average Bonchev–Trinajstić information content (AvgIpc) is 3.76. The predicted octanol–water partition coefficient (Wildman–Crippen LogP) is 4.47. The minimum Gasteiger partial charge on any atom is -0.505 e. The van der Waals surface area contributed by atoms with Gasteiger partial charge in [-0.25, -0.2) is 4.98 Å². The van der Waals surface area contributed by atoms with Crippen LogP contribution in [-0.4, -0.2) is 72.3 Å². The van der Waals surface area contributed by atoms with Crippen molar-refractivity contribution in [2.75, 3.05) is 31.6 Å². The second-order valence-electron chi connectivity index (χ2n) is 13.2. The molecule has 2 amide bonds. The zero-order valence-electron chi connectivity index (χ0n) is 26.5. The lowest BCUT2D eigenvalue weighted by atomic mass is 9.66. The zero-order chi connectivity index (χ0) is 34.9. The molecule has 1 saturated carbocycles. The van der Waals surface area contributed by atoms with Crippen LogP contribution in [0, 0.1) is 11.8 Å². The van der Waals surface area contributed by atoms with Gasteiger partial charge in [0.25, 0.3) is 11.5 Å². The van der Waals surface area contributed by atoms with Crippen LogP contribution in [0.4, 0.5) is 18.9 Å². The number of ether oxygens (including phenoxy) is 1. The van der Waals surface area contributed by atoms with Crippen molar-refractivity contribution >= 4 is 40.5 Å². The van der Waals surface area contributed by atoms with Crippen LogP contribution < -0.4 is 10.9 Å². The number of carbonyl (C=O) groups is 2. The largest absolute Gasteiger partial charge is 0.505 e. The van der Waals surface area contributed by atoms with Gasteiger partial charge in [0.05, 0.1) is 29.5 Å². The summed E-state index contributed by atoms with van der Waals surface area (Å²) in [5, 5.41) is 17.3. The van der Waals surface area contributed by atoms with Gasteiger partial charge in [0.15, 0.2) is 11.5 Å². The number of alkyl halides is 3. The highest BCUT2D eigenvalue weighted by atomic mass is 35.5. The number of likely N-dealkylation sites (tertiary alicyclic amines) is 1. The van der Waals surface area contributed by atoms with Gasteiger partial charge in [-0.1, -0.05) is 17.7 Å². The van der Waals surface area contributed by atoms with Crippen molar-refractivity contribution in [2.24, 2.45) is 11.8 Å². The zero-order valence-corrected chi connectivity index (χ0v) is 27.3. The summed E-state index contributed by atoms with van der Waals surface area (Å²) in [6.07, 6.45) is 1.91. The van der Waals surface area contributed by atoms with Gasteiger partial charge in [-0.3, -0.25) is 14.4 Å². The number of hydrogen-bond acceptors (Lipinski definition) is 8. The van der Waals surface area contributed by atoms with Crippen LogP contribution in [0.5, 0.6) is 5.75 Å². The monoisotopic (exact) mass is 709 g/mol. The molecule has 50 heavy (non-hydrogen) atoms. The second kappa shape index (κ2) is 11.9. The first-order valence-electron chi connectivity index (χ1n) is 16.4. The fourth-order valence-corrected chi connectivity index (χ4v) is 8.72. The Labute approximate surface area is 287 Å². The number of aromatic nitrogens is 5. The lowest BCUT2D eigenvalue weighted by Crippen LogP contribution is -2.54. The number of piperidine rings is 1. The number of nitrogens with zero attached hydrogens (tertiary/aromatic N) is 6. The van der Waals surface area contributed by atoms with E-state index < -0.39 is 23.1 Å². The van der Waals surface area contributed by atoms with Crippen LogP contribution in [0.1, 0.15) is 58.8 Å². The number of nitrogens with one attached hydrogen (secondary N) is 1. The number of pyridine rings is 1. The predicted molar refractivity (Wildman–Crippen MR) is 174 cm³/mol. The Bertz CT molecular complexity index is 2150. The third-order valence-electron chi connectivity index (χ3n) is 10.7. The summed E-state index contributed by atoms with van der Waals surface area (Å²) in [7, 11) is 0. The average molecular weight is 710 g/mol. The molecule has 2 aliphatic heterocycles. The molecule has 260 valence electrons. The molecule has 5 heterocycles. The molecule has 4 aliphatic rings. The summed E-state index contributed by atoms with van der Waals surface area (Å²) in [6, 6.07) is 5.67. The van der Waals surface area contributed by atoms with Crippen LogP contribution in [0.3, 0.4) is 0 Å². The fraction of sp³-hybridized carbons (Fsp3) is 0.412. The number of hydrogen-bond donors (Lipinski definition) is 2. The number of carbonyl (C=O) groups excluding carboxylic acids is 2. The molecule has 12 nitrogen and oxygen atoms in total. The Balaban J connectivity index is 1.19. The van der Waals surface area contributed by atoms with E-state index in [4.69, 9.17) is 21.3 Å². The number of aromatic hydroxyl groups is 1. The normalized spacial score (nSPS) is 23.0. The van der Waals surface area contributed by atoms with Crippen molar-refractivity contribution in [1.82, 2.24) is 29.0 Å². The lowest BCUT2D eigenvalue weighted by molar-refractivity contribution is -0.137. The lowest BCUT2D eigenvalue weighted by Gasteiger charge is -2.46. The molecule has 2 aliphatic carbocycles. The van der Waals surface area contributed by atoms with E-state index in [0.29, 0.717) is 62.6 Å². The maximum atomic E-state index is 14.5. The molecule has 2 bridgehead atoms. The Morgan fingerprint density at radius 1 is 1.14 bits per heavy atom. The molecule has 0 radical (unpaired) electrons. The van der Waals surface area contributed by atoms with E-state index in [1.165, 1.54) is 16.8 Å². The Morgan fingerprint density at radius 3 is 2.60 bits per heavy atom. The number of halogens is 4. The Hall–Kier alpha value is -4.76. The fourth-order valence-electron chi connectivity index (χ4n) is 8.50. The van der Waals surface area contributed by atoms with Gasteiger partial charge >= 0.3 is 6.18 Å². The molecular weight excluding hydrogens is 679 g/mol. The van der Waals surface area contributed by atoms with E-state index in [-0.39, 0.29) is 57.8 Å². The third kappa shape index (κ3) is 5.16. The topological polar surface area (TPSA) is 144 Å². The summed E-state index contributed by atoms with van der Waals surface area (Å²) in [6.45, 7) is 1.27. The van der Waals surface area contributed by atoms with Gasteiger partial charge in [-0.2, -0.15) is 22.7 Å². The SMILES string of the molecule is O=C(Cn1c2c(c(=O)n3nc(C4=CCOCC4)nc13)C1(CC2)C2CCC1CN(C(=O)c1ncccc1O)C2)Nc1ccc(C(F)(F)F)cc1Cl. The molecule has 1 aromatic carbocycles. The van der Waals surface area contributed by atoms with Crippen LogP contribution in [0.25, 0.3) is 11.4 Å². The molecule has 4 aromatic rings. The first-order chi connectivity index (χ1) is 24.0. The molecule has 2 unspecified atom stereocenters. The minimum atomic E-state index is -4.60. The van der Waals surface area contributed by atoms with Crippen LogP contribution in [-0.2, 0) is 34.1 Å². The van der Waals surface area contributed by atoms with E-state index in [1.807, 2.05) is 6.08 Å². The number of anilines is 1. The number of benzene rings is 1. The first kappa shape index (κ1) is 32.4. The smallest absolute Gasteiger partial charge is 0.416 e. The molecule has 16 heteroatoms. The van der Waals surface area contributed by atoms with E-state index in [2.05, 4.69) is 15.4 Å². The summed E-state index contributed by atoms with van der Waals surface area (Å²) in [5.41, 5.74) is 0.171. The van der Waals surface area contributed by atoms with Crippen molar-refractivity contribution in [1.29, 1.82) is 0 Å². The van der Waals surface area contributed by atoms with Crippen LogP contribution >= 0.6 is 11.6 Å². The van der Waals surface area contributed by atoms with Crippen molar-refractivity contribution in [3.8, 4) is 5.75 Å². The van der Waals surface area contributed by atoms with E-state index in [9.17, 15) is 32.7 Å². The molecule has 8 rings (SSSR count). The van der Waals surface area contributed by atoms with Crippen molar-refractivity contribution in [3.05, 3.63) is 86.3 Å².